The molecule has 0 nitrogen and oxygen atoms in total. The fraction of sp³-hybridized carbons (Fsp3) is 0.273. The van der Waals surface area contributed by atoms with E-state index in [1.54, 1.807) is 0 Å². The molecule has 0 aromatic heterocycles. The van der Waals surface area contributed by atoms with E-state index in [0.717, 1.165) is 0 Å². The monoisotopic (exact) mass is 146 g/mol. The van der Waals surface area contributed by atoms with E-state index in [4.69, 9.17) is 0 Å². The predicted molar refractivity (Wildman–Crippen MR) is 50.6 cm³/mol. The summed E-state index contributed by atoms with van der Waals surface area (Å²) in [6.45, 7) is 6.33. The fourth-order valence-corrected chi connectivity index (χ4v) is 1.26. The Hall–Kier alpha value is -1.04. The van der Waals surface area contributed by atoms with E-state index in [-0.39, 0.29) is 0 Å². The summed E-state index contributed by atoms with van der Waals surface area (Å²) in [6, 6.07) is 6.38. The summed E-state index contributed by atoms with van der Waals surface area (Å²) in [5, 5.41) is 0. The van der Waals surface area contributed by atoms with Gasteiger partial charge in [0, 0.05) is 0 Å². The highest BCUT2D eigenvalue weighted by atomic mass is 14.0. The molecule has 0 spiro atoms. The van der Waals surface area contributed by atoms with Gasteiger partial charge in [0.15, 0.2) is 0 Å². The smallest absolute Gasteiger partial charge is 0.0201 e. The summed E-state index contributed by atoms with van der Waals surface area (Å²) in [6.07, 6.45) is 4.24. The molecule has 0 aliphatic rings. The van der Waals surface area contributed by atoms with Crippen LogP contribution in [0.25, 0.3) is 6.08 Å². The van der Waals surface area contributed by atoms with Crippen molar-refractivity contribution in [1.82, 2.24) is 0 Å². The molecule has 0 aliphatic heterocycles. The van der Waals surface area contributed by atoms with Crippen LogP contribution in [-0.4, -0.2) is 0 Å². The second-order valence-corrected chi connectivity index (χ2v) is 2.81. The molecule has 1 aromatic carbocycles. The second-order valence-electron chi connectivity index (χ2n) is 2.81. The number of rotatable bonds is 1. The van der Waals surface area contributed by atoms with Crippen LogP contribution in [0, 0.1) is 13.8 Å². The summed E-state index contributed by atoms with van der Waals surface area (Å²) in [5.74, 6) is 0. The number of hydrogen-bond acceptors (Lipinski definition) is 0. The molecular weight excluding hydrogens is 132 g/mol. The van der Waals surface area contributed by atoms with Crippen LogP contribution >= 0.6 is 0 Å². The minimum atomic E-state index is 1.35. The highest BCUT2D eigenvalue weighted by molar-refractivity contribution is 5.57. The van der Waals surface area contributed by atoms with Gasteiger partial charge in [-0.1, -0.05) is 30.4 Å². The average Bonchev–Trinajstić information content (AvgIpc) is 1.97. The molecule has 1 rings (SSSR count). The van der Waals surface area contributed by atoms with Crippen LogP contribution in [0.15, 0.2) is 24.3 Å². The molecule has 0 N–H and O–H groups in total. The summed E-state index contributed by atoms with van der Waals surface area (Å²) in [4.78, 5) is 0. The maximum atomic E-state index is 2.16. The van der Waals surface area contributed by atoms with Crippen molar-refractivity contribution in [2.75, 3.05) is 0 Å². The third kappa shape index (κ3) is 1.70. The lowest BCUT2D eigenvalue weighted by atomic mass is 10.0. The Morgan fingerprint density at radius 1 is 1.09 bits per heavy atom. The van der Waals surface area contributed by atoms with Gasteiger partial charge < -0.3 is 0 Å². The first-order valence-electron chi connectivity index (χ1n) is 3.94. The van der Waals surface area contributed by atoms with Crippen LogP contribution in [0.4, 0.5) is 0 Å². The van der Waals surface area contributed by atoms with Crippen molar-refractivity contribution in [3.05, 3.63) is 41.0 Å². The highest BCUT2D eigenvalue weighted by Crippen LogP contribution is 2.14. The first-order chi connectivity index (χ1) is 5.25. The molecule has 58 valence electrons. The maximum absolute atomic E-state index is 2.16. The third-order valence-electron chi connectivity index (χ3n) is 1.88. The van der Waals surface area contributed by atoms with E-state index in [1.165, 1.54) is 16.7 Å². The highest BCUT2D eigenvalue weighted by Gasteiger charge is 1.95. The molecule has 0 atom stereocenters. The Balaban J connectivity index is 3.20. The van der Waals surface area contributed by atoms with Gasteiger partial charge in [-0.15, -0.1) is 0 Å². The first-order valence-corrected chi connectivity index (χ1v) is 3.94. The van der Waals surface area contributed by atoms with E-state index >= 15 is 0 Å². The van der Waals surface area contributed by atoms with Gasteiger partial charge in [0.25, 0.3) is 0 Å². The van der Waals surface area contributed by atoms with Crippen molar-refractivity contribution >= 4 is 6.08 Å². The van der Waals surface area contributed by atoms with E-state index in [0.29, 0.717) is 0 Å². The van der Waals surface area contributed by atoms with E-state index < -0.39 is 0 Å². The fourth-order valence-electron chi connectivity index (χ4n) is 1.26. The maximum Gasteiger partial charge on any atom is -0.0201 e. The largest absolute Gasteiger partial charge is 0.0870 e. The Bertz CT molecular complexity index is 249. The van der Waals surface area contributed by atoms with Crippen molar-refractivity contribution in [1.29, 1.82) is 0 Å². The van der Waals surface area contributed by atoms with Crippen LogP contribution in [0.2, 0.25) is 0 Å². The molecule has 0 fully saturated rings. The summed E-state index contributed by atoms with van der Waals surface area (Å²) in [7, 11) is 0. The normalized spacial score (nSPS) is 10.8. The van der Waals surface area contributed by atoms with Crippen molar-refractivity contribution in [3.63, 3.8) is 0 Å². The van der Waals surface area contributed by atoms with Gasteiger partial charge in [0.2, 0.25) is 0 Å². The SMILES string of the molecule is C/C=C/c1c(C)cccc1C. The molecule has 0 amide bonds. The Morgan fingerprint density at radius 3 is 2.09 bits per heavy atom. The molecule has 0 radical (unpaired) electrons. The summed E-state index contributed by atoms with van der Waals surface area (Å²) >= 11 is 0. The number of benzene rings is 1. The summed E-state index contributed by atoms with van der Waals surface area (Å²) in [5.41, 5.74) is 4.06. The molecule has 0 saturated heterocycles. The minimum Gasteiger partial charge on any atom is -0.0870 e. The van der Waals surface area contributed by atoms with E-state index in [2.05, 4.69) is 44.2 Å². The van der Waals surface area contributed by atoms with Crippen LogP contribution in [0.5, 0.6) is 0 Å². The molecule has 1 aromatic rings. The molecule has 0 heteroatoms. The molecule has 0 saturated carbocycles. The van der Waals surface area contributed by atoms with Crippen LogP contribution in [0.1, 0.15) is 23.6 Å². The lowest BCUT2D eigenvalue weighted by Gasteiger charge is -2.02. The second kappa shape index (κ2) is 3.38. The van der Waals surface area contributed by atoms with E-state index in [9.17, 15) is 0 Å². The number of hydrogen-bond donors (Lipinski definition) is 0. The third-order valence-corrected chi connectivity index (χ3v) is 1.88. The van der Waals surface area contributed by atoms with Crippen molar-refractivity contribution in [2.45, 2.75) is 20.8 Å². The Labute approximate surface area is 68.6 Å². The zero-order valence-electron chi connectivity index (χ0n) is 7.39. The van der Waals surface area contributed by atoms with Gasteiger partial charge in [-0.3, -0.25) is 0 Å². The minimum absolute atomic E-state index is 1.35. The van der Waals surface area contributed by atoms with E-state index in [1.807, 2.05) is 6.92 Å². The molecule has 0 heterocycles. The standard InChI is InChI=1S/C11H14/c1-4-6-11-9(2)7-5-8-10(11)3/h4-8H,1-3H3/b6-4+. The van der Waals surface area contributed by atoms with Crippen molar-refractivity contribution in [2.24, 2.45) is 0 Å². The molecule has 0 aliphatic carbocycles. The number of allylic oxidation sites excluding steroid dienone is 1. The topological polar surface area (TPSA) is 0 Å². The van der Waals surface area contributed by atoms with Gasteiger partial charge >= 0.3 is 0 Å². The van der Waals surface area contributed by atoms with Crippen LogP contribution in [0.3, 0.4) is 0 Å². The van der Waals surface area contributed by atoms with Gasteiger partial charge in [-0.05, 0) is 37.5 Å². The van der Waals surface area contributed by atoms with Crippen LogP contribution < -0.4 is 0 Å². The van der Waals surface area contributed by atoms with Gasteiger partial charge in [-0.2, -0.15) is 0 Å². The summed E-state index contributed by atoms with van der Waals surface area (Å²) < 4.78 is 0. The van der Waals surface area contributed by atoms with Gasteiger partial charge in [0.05, 0.1) is 0 Å². The lowest BCUT2D eigenvalue weighted by Crippen LogP contribution is -1.83. The van der Waals surface area contributed by atoms with Gasteiger partial charge in [-0.25, -0.2) is 0 Å². The average molecular weight is 146 g/mol. The lowest BCUT2D eigenvalue weighted by molar-refractivity contribution is 1.35. The van der Waals surface area contributed by atoms with Gasteiger partial charge in [0.1, 0.15) is 0 Å². The Morgan fingerprint density at radius 2 is 1.64 bits per heavy atom. The molecule has 0 unspecified atom stereocenters. The zero-order chi connectivity index (χ0) is 8.27. The zero-order valence-corrected chi connectivity index (χ0v) is 7.39. The molecular formula is C11H14. The van der Waals surface area contributed by atoms with Crippen molar-refractivity contribution < 1.29 is 0 Å². The first kappa shape index (κ1) is 8.06. The quantitative estimate of drug-likeness (QED) is 0.570. The predicted octanol–water partition coefficient (Wildman–Crippen LogP) is 3.34. The number of aryl methyl sites for hydroxylation is 2. The molecule has 0 bridgehead atoms. The Kier molecular flexibility index (Phi) is 2.48. The van der Waals surface area contributed by atoms with Crippen molar-refractivity contribution in [3.8, 4) is 0 Å². The molecule has 11 heavy (non-hydrogen) atoms. The van der Waals surface area contributed by atoms with Crippen LogP contribution in [-0.2, 0) is 0 Å².